The summed E-state index contributed by atoms with van der Waals surface area (Å²) in [4.78, 5) is 42.2. The van der Waals surface area contributed by atoms with Gasteiger partial charge in [-0.25, -0.2) is 9.78 Å². The Bertz CT molecular complexity index is 1070. The number of benzene rings is 1. The Kier molecular flexibility index (Phi) is 3.95. The first-order valence-corrected chi connectivity index (χ1v) is 8.45. The lowest BCUT2D eigenvalue weighted by molar-refractivity contribution is -0.152. The number of carboxylic acids is 1. The van der Waals surface area contributed by atoms with Crippen molar-refractivity contribution in [2.75, 3.05) is 6.54 Å². The molecule has 0 saturated carbocycles. The summed E-state index contributed by atoms with van der Waals surface area (Å²) in [5, 5.41) is 10.0. The Hall–Kier alpha value is -3.16. The number of furan rings is 1. The number of carbonyl (C=O) groups is 2. The largest absolute Gasteiger partial charge is 0.480 e. The number of aliphatic carboxylic acids is 1. The minimum atomic E-state index is -1.02. The molecule has 3 heterocycles. The molecule has 2 aromatic heterocycles. The third kappa shape index (κ3) is 2.63. The molecule has 0 bridgehead atoms. The minimum absolute atomic E-state index is 0.0925. The quantitative estimate of drug-likeness (QED) is 0.765. The Morgan fingerprint density at radius 3 is 2.88 bits per heavy atom. The lowest BCUT2D eigenvalue weighted by Crippen LogP contribution is -2.49. The molecule has 1 aliphatic heterocycles. The molecular weight excluding hydrogens is 338 g/mol. The summed E-state index contributed by atoms with van der Waals surface area (Å²) < 4.78 is 6.76. The van der Waals surface area contributed by atoms with Crippen molar-refractivity contribution >= 4 is 33.9 Å². The third-order valence-electron chi connectivity index (χ3n) is 4.76. The Balaban J connectivity index is 1.67. The topological polar surface area (TPSA) is 106 Å². The van der Waals surface area contributed by atoms with Crippen molar-refractivity contribution in [3.8, 4) is 0 Å². The summed E-state index contributed by atoms with van der Waals surface area (Å²) in [6, 6.07) is 6.35. The van der Waals surface area contributed by atoms with Crippen molar-refractivity contribution in [2.45, 2.75) is 31.8 Å². The molecule has 134 valence electrons. The van der Waals surface area contributed by atoms with E-state index in [4.69, 9.17) is 4.42 Å². The zero-order chi connectivity index (χ0) is 18.3. The Morgan fingerprint density at radius 2 is 2.08 bits per heavy atom. The molecule has 26 heavy (non-hydrogen) atoms. The normalized spacial score (nSPS) is 17.7. The summed E-state index contributed by atoms with van der Waals surface area (Å²) in [5.41, 5.74) is 0.646. The fourth-order valence-corrected chi connectivity index (χ4v) is 3.45. The van der Waals surface area contributed by atoms with Gasteiger partial charge in [0, 0.05) is 11.9 Å². The summed E-state index contributed by atoms with van der Waals surface area (Å²) in [5.74, 6) is -1.42. The Morgan fingerprint density at radius 1 is 1.27 bits per heavy atom. The van der Waals surface area contributed by atoms with Gasteiger partial charge in [-0.2, -0.15) is 0 Å². The van der Waals surface area contributed by atoms with E-state index in [1.54, 1.807) is 12.1 Å². The van der Waals surface area contributed by atoms with Crippen LogP contribution < -0.4 is 5.56 Å². The first-order chi connectivity index (χ1) is 12.6. The van der Waals surface area contributed by atoms with Crippen LogP contribution in [0.25, 0.3) is 22.1 Å². The number of para-hydroxylation sites is 1. The molecule has 0 spiro atoms. The fraction of sp³-hybridized carbons (Fsp3) is 0.333. The summed E-state index contributed by atoms with van der Waals surface area (Å²) in [6.45, 7) is 0.119. The van der Waals surface area contributed by atoms with Crippen LogP contribution in [0.2, 0.25) is 0 Å². The predicted molar refractivity (Wildman–Crippen MR) is 92.8 cm³/mol. The standard InChI is InChI=1S/C18H17N3O5/c22-14(21-8-4-3-6-12(21)18(24)25)9-20-10-19-15-11-5-1-2-7-13(11)26-16(15)17(20)23/h1-2,5,7,10,12H,3-4,6,8-9H2,(H,24,25). The van der Waals surface area contributed by atoms with Crippen LogP contribution in [0.5, 0.6) is 0 Å². The van der Waals surface area contributed by atoms with Crippen molar-refractivity contribution < 1.29 is 19.1 Å². The van der Waals surface area contributed by atoms with Crippen LogP contribution in [0.4, 0.5) is 0 Å². The average Bonchev–Trinajstić information content (AvgIpc) is 3.03. The third-order valence-corrected chi connectivity index (χ3v) is 4.76. The fourth-order valence-electron chi connectivity index (χ4n) is 3.45. The Labute approximate surface area is 147 Å². The van der Waals surface area contributed by atoms with E-state index in [9.17, 15) is 19.5 Å². The number of aromatic nitrogens is 2. The molecule has 1 fully saturated rings. The number of amides is 1. The molecule has 1 aromatic carbocycles. The lowest BCUT2D eigenvalue weighted by atomic mass is 10.0. The van der Waals surface area contributed by atoms with E-state index in [1.165, 1.54) is 15.8 Å². The van der Waals surface area contributed by atoms with E-state index in [0.29, 0.717) is 24.1 Å². The first-order valence-electron chi connectivity index (χ1n) is 8.45. The summed E-state index contributed by atoms with van der Waals surface area (Å²) >= 11 is 0. The molecule has 1 aliphatic rings. The SMILES string of the molecule is O=C(O)C1CCCCN1C(=O)Cn1cnc2c(oc3ccccc32)c1=O. The van der Waals surface area contributed by atoms with Gasteiger partial charge in [0.25, 0.3) is 5.56 Å². The van der Waals surface area contributed by atoms with Crippen LogP contribution in [0.3, 0.4) is 0 Å². The molecule has 0 aliphatic carbocycles. The number of hydrogen-bond acceptors (Lipinski definition) is 5. The van der Waals surface area contributed by atoms with Gasteiger partial charge >= 0.3 is 5.97 Å². The highest BCUT2D eigenvalue weighted by Crippen LogP contribution is 2.24. The molecule has 8 nitrogen and oxygen atoms in total. The highest BCUT2D eigenvalue weighted by Gasteiger charge is 2.32. The zero-order valence-corrected chi connectivity index (χ0v) is 13.9. The number of piperidine rings is 1. The van der Waals surface area contributed by atoms with Gasteiger partial charge < -0.3 is 14.4 Å². The minimum Gasteiger partial charge on any atom is -0.480 e. The van der Waals surface area contributed by atoms with Gasteiger partial charge in [-0.1, -0.05) is 12.1 Å². The van der Waals surface area contributed by atoms with Gasteiger partial charge in [-0.05, 0) is 31.4 Å². The van der Waals surface area contributed by atoms with Crippen LogP contribution in [-0.4, -0.2) is 44.0 Å². The molecule has 1 atom stereocenters. The van der Waals surface area contributed by atoms with E-state index in [1.807, 2.05) is 12.1 Å². The van der Waals surface area contributed by atoms with Crippen LogP contribution in [0.15, 0.2) is 39.8 Å². The van der Waals surface area contributed by atoms with Gasteiger partial charge in [0.05, 0.1) is 6.33 Å². The predicted octanol–water partition coefficient (Wildman–Crippen LogP) is 1.61. The van der Waals surface area contributed by atoms with Gasteiger partial charge in [0.15, 0.2) is 0 Å². The van der Waals surface area contributed by atoms with Crippen LogP contribution in [0, 0.1) is 0 Å². The number of carbonyl (C=O) groups excluding carboxylic acids is 1. The van der Waals surface area contributed by atoms with Crippen molar-refractivity contribution in [2.24, 2.45) is 0 Å². The maximum atomic E-state index is 12.7. The molecule has 0 radical (unpaired) electrons. The highest BCUT2D eigenvalue weighted by molar-refractivity contribution is 6.01. The summed E-state index contributed by atoms with van der Waals surface area (Å²) in [6.07, 6.45) is 3.26. The van der Waals surface area contributed by atoms with Gasteiger partial charge in [-0.3, -0.25) is 14.2 Å². The summed E-state index contributed by atoms with van der Waals surface area (Å²) in [7, 11) is 0. The average molecular weight is 355 g/mol. The molecule has 3 aromatic rings. The number of rotatable bonds is 3. The second kappa shape index (κ2) is 6.29. The second-order valence-corrected chi connectivity index (χ2v) is 6.39. The smallest absolute Gasteiger partial charge is 0.326 e. The van der Waals surface area contributed by atoms with E-state index >= 15 is 0 Å². The lowest BCUT2D eigenvalue weighted by Gasteiger charge is -2.33. The molecule has 1 N–H and O–H groups in total. The number of hydrogen-bond donors (Lipinski definition) is 1. The van der Waals surface area contributed by atoms with Crippen molar-refractivity contribution in [1.29, 1.82) is 0 Å². The molecule has 4 rings (SSSR count). The van der Waals surface area contributed by atoms with Gasteiger partial charge in [0.2, 0.25) is 11.5 Å². The molecular formula is C18H17N3O5. The van der Waals surface area contributed by atoms with Gasteiger partial charge in [0.1, 0.15) is 23.7 Å². The monoisotopic (exact) mass is 355 g/mol. The van der Waals surface area contributed by atoms with Crippen LogP contribution in [-0.2, 0) is 16.1 Å². The second-order valence-electron chi connectivity index (χ2n) is 6.39. The maximum absolute atomic E-state index is 12.7. The zero-order valence-electron chi connectivity index (χ0n) is 13.9. The van der Waals surface area contributed by atoms with E-state index < -0.39 is 23.5 Å². The van der Waals surface area contributed by atoms with Crippen molar-refractivity contribution in [1.82, 2.24) is 14.5 Å². The highest BCUT2D eigenvalue weighted by atomic mass is 16.4. The maximum Gasteiger partial charge on any atom is 0.326 e. The van der Waals surface area contributed by atoms with Crippen molar-refractivity contribution in [3.63, 3.8) is 0 Å². The van der Waals surface area contributed by atoms with E-state index in [-0.39, 0.29) is 12.1 Å². The van der Waals surface area contributed by atoms with Gasteiger partial charge in [-0.15, -0.1) is 0 Å². The van der Waals surface area contributed by atoms with Crippen LogP contribution >= 0.6 is 0 Å². The molecule has 8 heteroatoms. The van der Waals surface area contributed by atoms with Crippen LogP contribution in [0.1, 0.15) is 19.3 Å². The number of carboxylic acid groups (broad SMARTS) is 1. The van der Waals surface area contributed by atoms with E-state index in [2.05, 4.69) is 4.98 Å². The molecule has 1 saturated heterocycles. The molecule has 1 unspecified atom stereocenters. The molecule has 1 amide bonds. The number of likely N-dealkylation sites (tertiary alicyclic amines) is 1. The van der Waals surface area contributed by atoms with Crippen molar-refractivity contribution in [3.05, 3.63) is 40.9 Å². The van der Waals surface area contributed by atoms with E-state index in [0.717, 1.165) is 18.2 Å². The number of nitrogens with zero attached hydrogens (tertiary/aromatic N) is 3. The number of fused-ring (bicyclic) bond motifs is 3. The first kappa shape index (κ1) is 16.3.